The van der Waals surface area contributed by atoms with Crippen LogP contribution in [0.2, 0.25) is 0 Å². The van der Waals surface area contributed by atoms with E-state index in [1.54, 1.807) is 0 Å². The lowest BCUT2D eigenvalue weighted by molar-refractivity contribution is 0.124. The van der Waals surface area contributed by atoms with Crippen molar-refractivity contribution < 1.29 is 4.74 Å². The van der Waals surface area contributed by atoms with E-state index in [2.05, 4.69) is 17.3 Å². The number of aryl methyl sites for hydroxylation is 1. The predicted octanol–water partition coefficient (Wildman–Crippen LogP) is 0.639. The fraction of sp³-hybridized carbons (Fsp3) is 0.667. The second-order valence-electron chi connectivity index (χ2n) is 2.86. The zero-order chi connectivity index (χ0) is 9.52. The average molecular weight is 183 g/mol. The van der Waals surface area contributed by atoms with Crippen LogP contribution in [0.1, 0.15) is 12.5 Å². The molecule has 0 fully saturated rings. The maximum atomic E-state index is 5.40. The first kappa shape index (κ1) is 10.2. The number of hydrogen-bond donors (Lipinski definition) is 1. The maximum absolute atomic E-state index is 5.40. The van der Waals surface area contributed by atoms with Crippen molar-refractivity contribution >= 4 is 0 Å². The van der Waals surface area contributed by atoms with Gasteiger partial charge < -0.3 is 10.1 Å². The first-order valence-electron chi connectivity index (χ1n) is 4.60. The van der Waals surface area contributed by atoms with Crippen molar-refractivity contribution in [1.29, 1.82) is 0 Å². The van der Waals surface area contributed by atoms with Gasteiger partial charge in [-0.25, -0.2) is 0 Å². The second kappa shape index (κ2) is 5.72. The fourth-order valence-electron chi connectivity index (χ4n) is 1.02. The molecule has 1 aromatic rings. The molecular weight excluding hydrogens is 166 g/mol. The molecule has 0 radical (unpaired) electrons. The van der Waals surface area contributed by atoms with Crippen molar-refractivity contribution in [2.45, 2.75) is 20.1 Å². The van der Waals surface area contributed by atoms with Crippen LogP contribution in [0.5, 0.6) is 0 Å². The second-order valence-corrected chi connectivity index (χ2v) is 2.86. The number of rotatable bonds is 6. The van der Waals surface area contributed by atoms with Gasteiger partial charge in [0.2, 0.25) is 0 Å². The highest BCUT2D eigenvalue weighted by Gasteiger charge is 1.96. The van der Waals surface area contributed by atoms with Gasteiger partial charge in [0.25, 0.3) is 0 Å². The number of nitrogens with one attached hydrogen (secondary N) is 1. The standard InChI is InChI=1S/C9H17N3O/c1-3-12-7-9(6-11-12)8-13-5-4-10-2/h6-7,10H,3-5,8H2,1-2H3. The minimum Gasteiger partial charge on any atom is -0.375 e. The summed E-state index contributed by atoms with van der Waals surface area (Å²) >= 11 is 0. The molecule has 1 heterocycles. The Morgan fingerprint density at radius 2 is 2.46 bits per heavy atom. The molecule has 0 saturated heterocycles. The van der Waals surface area contributed by atoms with Crippen LogP contribution in [0, 0.1) is 0 Å². The van der Waals surface area contributed by atoms with Gasteiger partial charge in [0, 0.05) is 24.8 Å². The Kier molecular flexibility index (Phi) is 4.49. The highest BCUT2D eigenvalue weighted by molar-refractivity contribution is 5.01. The Morgan fingerprint density at radius 3 is 3.08 bits per heavy atom. The molecule has 1 aromatic heterocycles. The van der Waals surface area contributed by atoms with Crippen molar-refractivity contribution in [3.63, 3.8) is 0 Å². The highest BCUT2D eigenvalue weighted by atomic mass is 16.5. The van der Waals surface area contributed by atoms with Crippen LogP contribution < -0.4 is 5.32 Å². The normalized spacial score (nSPS) is 10.6. The third-order valence-corrected chi connectivity index (χ3v) is 1.78. The van der Waals surface area contributed by atoms with Crippen LogP contribution >= 0.6 is 0 Å². The van der Waals surface area contributed by atoms with Gasteiger partial charge in [-0.05, 0) is 14.0 Å². The molecule has 0 aliphatic heterocycles. The molecule has 0 saturated carbocycles. The monoisotopic (exact) mass is 183 g/mol. The summed E-state index contributed by atoms with van der Waals surface area (Å²) in [5.41, 5.74) is 1.14. The molecule has 13 heavy (non-hydrogen) atoms. The number of nitrogens with zero attached hydrogens (tertiary/aromatic N) is 2. The lowest BCUT2D eigenvalue weighted by Gasteiger charge is -2.00. The van der Waals surface area contributed by atoms with Crippen LogP contribution in [0.3, 0.4) is 0 Å². The van der Waals surface area contributed by atoms with E-state index in [9.17, 15) is 0 Å². The molecule has 0 bridgehead atoms. The molecule has 0 unspecified atom stereocenters. The highest BCUT2D eigenvalue weighted by Crippen LogP contribution is 1.99. The van der Waals surface area contributed by atoms with E-state index in [0.717, 1.165) is 25.3 Å². The molecule has 0 spiro atoms. The Morgan fingerprint density at radius 1 is 1.62 bits per heavy atom. The first-order valence-corrected chi connectivity index (χ1v) is 4.60. The number of likely N-dealkylation sites (N-methyl/N-ethyl adjacent to an activating group) is 1. The predicted molar refractivity (Wildman–Crippen MR) is 51.5 cm³/mol. The van der Waals surface area contributed by atoms with Crippen molar-refractivity contribution in [2.75, 3.05) is 20.2 Å². The molecule has 0 amide bonds. The number of hydrogen-bond acceptors (Lipinski definition) is 3. The van der Waals surface area contributed by atoms with Crippen LogP contribution in [-0.4, -0.2) is 30.0 Å². The smallest absolute Gasteiger partial charge is 0.0748 e. The third-order valence-electron chi connectivity index (χ3n) is 1.78. The van der Waals surface area contributed by atoms with Gasteiger partial charge in [0.15, 0.2) is 0 Å². The molecule has 0 aliphatic rings. The molecule has 4 heteroatoms. The van der Waals surface area contributed by atoms with Crippen molar-refractivity contribution in [3.05, 3.63) is 18.0 Å². The zero-order valence-corrected chi connectivity index (χ0v) is 8.29. The van der Waals surface area contributed by atoms with E-state index < -0.39 is 0 Å². The average Bonchev–Trinajstić information content (AvgIpc) is 2.60. The summed E-state index contributed by atoms with van der Waals surface area (Å²) in [5, 5.41) is 7.18. The van der Waals surface area contributed by atoms with Gasteiger partial charge in [-0.2, -0.15) is 5.10 Å². The lowest BCUT2D eigenvalue weighted by atomic mass is 10.4. The van der Waals surface area contributed by atoms with E-state index in [-0.39, 0.29) is 0 Å². The molecule has 0 atom stereocenters. The van der Waals surface area contributed by atoms with Gasteiger partial charge in [0.05, 0.1) is 19.4 Å². The van der Waals surface area contributed by atoms with E-state index >= 15 is 0 Å². The summed E-state index contributed by atoms with van der Waals surface area (Å²) in [6.45, 7) is 5.27. The summed E-state index contributed by atoms with van der Waals surface area (Å²) in [7, 11) is 1.92. The van der Waals surface area contributed by atoms with Gasteiger partial charge in [0.1, 0.15) is 0 Å². The molecule has 0 aliphatic carbocycles. The SMILES string of the molecule is CCn1cc(COCCNC)cn1. The minimum atomic E-state index is 0.654. The Labute approximate surface area is 78.9 Å². The fourth-order valence-corrected chi connectivity index (χ4v) is 1.02. The van der Waals surface area contributed by atoms with Crippen molar-refractivity contribution in [2.24, 2.45) is 0 Å². The molecule has 4 nitrogen and oxygen atoms in total. The summed E-state index contributed by atoms with van der Waals surface area (Å²) in [6.07, 6.45) is 3.86. The molecule has 1 N–H and O–H groups in total. The van der Waals surface area contributed by atoms with E-state index in [1.807, 2.05) is 24.1 Å². The summed E-state index contributed by atoms with van der Waals surface area (Å²) in [4.78, 5) is 0. The molecule has 0 aromatic carbocycles. The molecule has 1 rings (SSSR count). The number of ether oxygens (including phenoxy) is 1. The van der Waals surface area contributed by atoms with Crippen molar-refractivity contribution in [3.8, 4) is 0 Å². The van der Waals surface area contributed by atoms with Gasteiger partial charge in [-0.3, -0.25) is 4.68 Å². The molecular formula is C9H17N3O. The Hall–Kier alpha value is -0.870. The number of aromatic nitrogens is 2. The zero-order valence-electron chi connectivity index (χ0n) is 8.29. The van der Waals surface area contributed by atoms with E-state index in [1.165, 1.54) is 0 Å². The first-order chi connectivity index (χ1) is 6.36. The quantitative estimate of drug-likeness (QED) is 0.658. The summed E-state index contributed by atoms with van der Waals surface area (Å²) < 4.78 is 7.30. The largest absolute Gasteiger partial charge is 0.375 e. The Bertz CT molecular complexity index is 235. The lowest BCUT2D eigenvalue weighted by Crippen LogP contribution is -2.13. The summed E-state index contributed by atoms with van der Waals surface area (Å²) in [6, 6.07) is 0. The van der Waals surface area contributed by atoms with E-state index in [4.69, 9.17) is 4.74 Å². The Balaban J connectivity index is 2.20. The maximum Gasteiger partial charge on any atom is 0.0748 e. The van der Waals surface area contributed by atoms with E-state index in [0.29, 0.717) is 6.61 Å². The summed E-state index contributed by atoms with van der Waals surface area (Å²) in [5.74, 6) is 0. The van der Waals surface area contributed by atoms with Crippen LogP contribution in [0.25, 0.3) is 0 Å². The van der Waals surface area contributed by atoms with Gasteiger partial charge in [-0.1, -0.05) is 0 Å². The van der Waals surface area contributed by atoms with Crippen LogP contribution in [0.4, 0.5) is 0 Å². The van der Waals surface area contributed by atoms with Gasteiger partial charge in [-0.15, -0.1) is 0 Å². The van der Waals surface area contributed by atoms with Crippen LogP contribution in [-0.2, 0) is 17.9 Å². The molecule has 74 valence electrons. The third kappa shape index (κ3) is 3.57. The van der Waals surface area contributed by atoms with Crippen LogP contribution in [0.15, 0.2) is 12.4 Å². The van der Waals surface area contributed by atoms with Gasteiger partial charge >= 0.3 is 0 Å². The topological polar surface area (TPSA) is 39.1 Å². The van der Waals surface area contributed by atoms with Crippen molar-refractivity contribution in [1.82, 2.24) is 15.1 Å². The minimum absolute atomic E-state index is 0.654.